The lowest BCUT2D eigenvalue weighted by molar-refractivity contribution is -0.274. The van der Waals surface area contributed by atoms with Gasteiger partial charge in [0.15, 0.2) is 0 Å². The van der Waals surface area contributed by atoms with Gasteiger partial charge in [0.25, 0.3) is 5.91 Å². The highest BCUT2D eigenvalue weighted by Crippen LogP contribution is 2.34. The lowest BCUT2D eigenvalue weighted by Gasteiger charge is -2.15. The molecule has 0 saturated carbocycles. The van der Waals surface area contributed by atoms with E-state index in [2.05, 4.69) is 25.1 Å². The average Bonchev–Trinajstić information content (AvgIpc) is 2.98. The van der Waals surface area contributed by atoms with E-state index in [1.54, 1.807) is 24.3 Å². The van der Waals surface area contributed by atoms with Crippen molar-refractivity contribution in [2.75, 3.05) is 12.4 Å². The SMILES string of the molecule is CO/N=C/c1cccc(-c2cc(OC(F)(F)F)ccc2NC(=O)c2c(C)nn(C)c2F)c1. The molecule has 1 amide bonds. The molecule has 1 N–H and O–H groups in total. The maximum atomic E-state index is 14.3. The average molecular weight is 450 g/mol. The number of alkyl halides is 3. The number of oxime groups is 1. The lowest BCUT2D eigenvalue weighted by atomic mass is 10.0. The van der Waals surface area contributed by atoms with Crippen LogP contribution in [0.3, 0.4) is 0 Å². The molecule has 0 aliphatic carbocycles. The smallest absolute Gasteiger partial charge is 0.406 e. The number of hydrogen-bond acceptors (Lipinski definition) is 5. The van der Waals surface area contributed by atoms with E-state index in [1.165, 1.54) is 33.4 Å². The number of nitrogens with one attached hydrogen (secondary N) is 1. The van der Waals surface area contributed by atoms with Crippen LogP contribution in [0.25, 0.3) is 11.1 Å². The number of anilines is 1. The summed E-state index contributed by atoms with van der Waals surface area (Å²) in [5, 5.41) is 10.1. The van der Waals surface area contributed by atoms with Crippen LogP contribution in [0.2, 0.25) is 0 Å². The second kappa shape index (κ2) is 9.08. The first-order chi connectivity index (χ1) is 15.1. The molecule has 2 aromatic carbocycles. The van der Waals surface area contributed by atoms with Crippen LogP contribution in [0, 0.1) is 12.9 Å². The number of carbonyl (C=O) groups excluding carboxylic acids is 1. The summed E-state index contributed by atoms with van der Waals surface area (Å²) in [6.45, 7) is 1.47. The fourth-order valence-electron chi connectivity index (χ4n) is 3.04. The minimum absolute atomic E-state index is 0.146. The highest BCUT2D eigenvalue weighted by molar-refractivity contribution is 6.07. The fourth-order valence-corrected chi connectivity index (χ4v) is 3.04. The van der Waals surface area contributed by atoms with Crippen molar-refractivity contribution >= 4 is 17.8 Å². The molecule has 0 spiro atoms. The van der Waals surface area contributed by atoms with Gasteiger partial charge in [-0.1, -0.05) is 23.4 Å². The Labute approximate surface area is 180 Å². The van der Waals surface area contributed by atoms with Gasteiger partial charge in [0.2, 0.25) is 5.95 Å². The van der Waals surface area contributed by atoms with E-state index in [9.17, 15) is 22.4 Å². The van der Waals surface area contributed by atoms with Crippen LogP contribution >= 0.6 is 0 Å². The van der Waals surface area contributed by atoms with E-state index in [0.29, 0.717) is 11.1 Å². The third-order valence-electron chi connectivity index (χ3n) is 4.36. The number of nitrogens with zero attached hydrogens (tertiary/aromatic N) is 3. The Bertz CT molecular complexity index is 1170. The van der Waals surface area contributed by atoms with Gasteiger partial charge in [-0.2, -0.15) is 9.49 Å². The molecule has 1 aromatic heterocycles. The van der Waals surface area contributed by atoms with E-state index in [0.717, 1.165) is 16.8 Å². The van der Waals surface area contributed by atoms with E-state index in [1.807, 2.05) is 0 Å². The van der Waals surface area contributed by atoms with Crippen molar-refractivity contribution in [3.8, 4) is 16.9 Å². The Morgan fingerprint density at radius 3 is 2.59 bits per heavy atom. The third-order valence-corrected chi connectivity index (χ3v) is 4.36. The Kier molecular flexibility index (Phi) is 6.47. The molecule has 3 aromatic rings. The van der Waals surface area contributed by atoms with Gasteiger partial charge in [-0.25, -0.2) is 4.68 Å². The Balaban J connectivity index is 2.06. The van der Waals surface area contributed by atoms with Crippen LogP contribution in [-0.2, 0) is 11.9 Å². The molecular formula is C21H18F4N4O3. The largest absolute Gasteiger partial charge is 0.573 e. The minimum atomic E-state index is -4.90. The highest BCUT2D eigenvalue weighted by atomic mass is 19.4. The van der Waals surface area contributed by atoms with Gasteiger partial charge in [0.1, 0.15) is 18.4 Å². The van der Waals surface area contributed by atoms with Crippen molar-refractivity contribution in [3.63, 3.8) is 0 Å². The molecule has 0 saturated heterocycles. The molecule has 7 nitrogen and oxygen atoms in total. The van der Waals surface area contributed by atoms with Gasteiger partial charge in [-0.3, -0.25) is 4.79 Å². The summed E-state index contributed by atoms with van der Waals surface area (Å²) in [4.78, 5) is 17.4. The molecule has 0 bridgehead atoms. The minimum Gasteiger partial charge on any atom is -0.406 e. The first-order valence-electron chi connectivity index (χ1n) is 9.16. The Morgan fingerprint density at radius 1 is 1.22 bits per heavy atom. The summed E-state index contributed by atoms with van der Waals surface area (Å²) in [6, 6.07) is 10.0. The zero-order chi connectivity index (χ0) is 23.5. The predicted molar refractivity (Wildman–Crippen MR) is 109 cm³/mol. The highest BCUT2D eigenvalue weighted by Gasteiger charge is 2.31. The summed E-state index contributed by atoms with van der Waals surface area (Å²) >= 11 is 0. The lowest BCUT2D eigenvalue weighted by Crippen LogP contribution is -2.18. The first kappa shape index (κ1) is 22.8. The van der Waals surface area contributed by atoms with Gasteiger partial charge in [-0.15, -0.1) is 13.2 Å². The maximum Gasteiger partial charge on any atom is 0.573 e. The van der Waals surface area contributed by atoms with Crippen LogP contribution in [0.1, 0.15) is 21.6 Å². The molecular weight excluding hydrogens is 432 g/mol. The van der Waals surface area contributed by atoms with E-state index in [-0.39, 0.29) is 22.5 Å². The predicted octanol–water partition coefficient (Wildman–Crippen LogP) is 4.67. The summed E-state index contributed by atoms with van der Waals surface area (Å²) in [7, 11) is 2.71. The molecule has 3 rings (SSSR count). The second-order valence-corrected chi connectivity index (χ2v) is 6.63. The van der Waals surface area contributed by atoms with Crippen molar-refractivity contribution in [2.24, 2.45) is 12.2 Å². The summed E-state index contributed by atoms with van der Waals surface area (Å²) in [6.07, 6.45) is -3.49. The summed E-state index contributed by atoms with van der Waals surface area (Å²) < 4.78 is 57.4. The van der Waals surface area contributed by atoms with Gasteiger partial charge >= 0.3 is 6.36 Å². The molecule has 32 heavy (non-hydrogen) atoms. The topological polar surface area (TPSA) is 77.7 Å². The van der Waals surface area contributed by atoms with E-state index >= 15 is 0 Å². The molecule has 0 aliphatic rings. The van der Waals surface area contributed by atoms with Gasteiger partial charge < -0.3 is 14.9 Å². The number of halogens is 4. The van der Waals surface area contributed by atoms with Gasteiger partial charge in [0.05, 0.1) is 11.9 Å². The number of aryl methyl sites for hydroxylation is 2. The molecule has 0 unspecified atom stereocenters. The van der Waals surface area contributed by atoms with Crippen molar-refractivity contribution in [1.82, 2.24) is 9.78 Å². The molecule has 0 fully saturated rings. The molecule has 168 valence electrons. The Morgan fingerprint density at radius 2 is 1.97 bits per heavy atom. The van der Waals surface area contributed by atoms with Crippen LogP contribution in [0.15, 0.2) is 47.6 Å². The van der Waals surface area contributed by atoms with Crippen LogP contribution in [0.5, 0.6) is 5.75 Å². The standard InChI is InChI=1S/C21H18F4N4O3/c1-12-18(19(22)29(2)28-12)20(30)27-17-8-7-15(32-21(23,24)25)10-16(17)14-6-4-5-13(9-14)11-26-31-3/h4-11H,1-3H3,(H,27,30)/b26-11+. The summed E-state index contributed by atoms with van der Waals surface area (Å²) in [5.41, 5.74) is 1.31. The van der Waals surface area contributed by atoms with Crippen LogP contribution in [0.4, 0.5) is 23.2 Å². The molecule has 11 heteroatoms. The van der Waals surface area contributed by atoms with E-state index in [4.69, 9.17) is 0 Å². The quantitative estimate of drug-likeness (QED) is 0.337. The second-order valence-electron chi connectivity index (χ2n) is 6.63. The number of amides is 1. The number of benzene rings is 2. The van der Waals surface area contributed by atoms with Crippen molar-refractivity contribution < 1.29 is 31.9 Å². The Hall–Kier alpha value is -3.89. The zero-order valence-electron chi connectivity index (χ0n) is 17.2. The monoisotopic (exact) mass is 450 g/mol. The maximum absolute atomic E-state index is 14.3. The van der Waals surface area contributed by atoms with Crippen LogP contribution in [-0.4, -0.2) is 35.4 Å². The number of rotatable bonds is 6. The van der Waals surface area contributed by atoms with Gasteiger partial charge in [0, 0.05) is 18.3 Å². The molecule has 0 radical (unpaired) electrons. The molecule has 1 heterocycles. The number of aromatic nitrogens is 2. The fraction of sp³-hybridized carbons (Fsp3) is 0.190. The van der Waals surface area contributed by atoms with Crippen molar-refractivity contribution in [3.05, 3.63) is 65.2 Å². The van der Waals surface area contributed by atoms with Crippen LogP contribution < -0.4 is 10.1 Å². The normalized spacial score (nSPS) is 11.6. The zero-order valence-corrected chi connectivity index (χ0v) is 17.2. The number of ether oxygens (including phenoxy) is 1. The molecule has 0 atom stereocenters. The number of hydrogen-bond donors (Lipinski definition) is 1. The third kappa shape index (κ3) is 5.23. The summed E-state index contributed by atoms with van der Waals surface area (Å²) in [5.74, 6) is -2.11. The molecule has 0 aliphatic heterocycles. The number of carbonyl (C=O) groups is 1. The van der Waals surface area contributed by atoms with Crippen molar-refractivity contribution in [2.45, 2.75) is 13.3 Å². The van der Waals surface area contributed by atoms with Crippen molar-refractivity contribution in [1.29, 1.82) is 0 Å². The van der Waals surface area contributed by atoms with Gasteiger partial charge in [-0.05, 0) is 42.3 Å². The first-order valence-corrected chi connectivity index (χ1v) is 9.16. The van der Waals surface area contributed by atoms with E-state index < -0.39 is 24.0 Å².